The van der Waals surface area contributed by atoms with E-state index in [1.807, 2.05) is 12.2 Å². The summed E-state index contributed by atoms with van der Waals surface area (Å²) >= 11 is 0. The number of aliphatic hydroxyl groups excluding tert-OH is 1. The van der Waals surface area contributed by atoms with Crippen LogP contribution in [0, 0.1) is 0 Å². The number of carbonyl (C=O) groups excluding carboxylic acids is 1. The Kier molecular flexibility index (Phi) is 5.63. The molecule has 17 heavy (non-hydrogen) atoms. The summed E-state index contributed by atoms with van der Waals surface area (Å²) in [6, 6.07) is 0. The van der Waals surface area contributed by atoms with Crippen LogP contribution in [0.4, 0.5) is 0 Å². The number of Topliss-reactive ketones (excluding diaryl/α,β-unsaturated/α-hetero) is 1. The Morgan fingerprint density at radius 2 is 2.18 bits per heavy atom. The maximum absolute atomic E-state index is 11.3. The quantitative estimate of drug-likeness (QED) is 0.524. The van der Waals surface area contributed by atoms with Crippen LogP contribution in [0.25, 0.3) is 0 Å². The fourth-order valence-electron chi connectivity index (χ4n) is 1.75. The molecular formula is C13H18O4. The fraction of sp³-hybridized carbons (Fsp3) is 0.538. The van der Waals surface area contributed by atoms with Crippen LogP contribution < -0.4 is 0 Å². The number of allylic oxidation sites excluding steroid dienone is 3. The van der Waals surface area contributed by atoms with Crippen LogP contribution in [0.15, 0.2) is 23.8 Å². The zero-order chi connectivity index (χ0) is 12.7. The van der Waals surface area contributed by atoms with Gasteiger partial charge >= 0.3 is 5.97 Å². The second-order valence-corrected chi connectivity index (χ2v) is 4.20. The lowest BCUT2D eigenvalue weighted by Gasteiger charge is -1.95. The molecule has 4 nitrogen and oxygen atoms in total. The first-order chi connectivity index (χ1) is 8.09. The summed E-state index contributed by atoms with van der Waals surface area (Å²) in [7, 11) is 0. The molecule has 1 rings (SSSR count). The van der Waals surface area contributed by atoms with Crippen LogP contribution in [0.1, 0.15) is 38.5 Å². The van der Waals surface area contributed by atoms with E-state index in [1.54, 1.807) is 6.08 Å². The van der Waals surface area contributed by atoms with Crippen molar-refractivity contribution < 1.29 is 19.8 Å². The number of aliphatic carboxylic acids is 1. The van der Waals surface area contributed by atoms with Crippen LogP contribution >= 0.6 is 0 Å². The predicted octanol–water partition coefficient (Wildman–Crippen LogP) is 1.84. The molecule has 1 aliphatic rings. The molecule has 0 spiro atoms. The average molecular weight is 238 g/mol. The number of hydrogen-bond acceptors (Lipinski definition) is 3. The maximum atomic E-state index is 11.3. The van der Waals surface area contributed by atoms with Crippen LogP contribution in [0.3, 0.4) is 0 Å². The van der Waals surface area contributed by atoms with E-state index in [0.717, 1.165) is 12.8 Å². The van der Waals surface area contributed by atoms with Crippen molar-refractivity contribution >= 4 is 11.8 Å². The van der Waals surface area contributed by atoms with E-state index in [2.05, 4.69) is 0 Å². The summed E-state index contributed by atoms with van der Waals surface area (Å²) in [5, 5.41) is 17.6. The van der Waals surface area contributed by atoms with Gasteiger partial charge in [0.1, 0.15) is 0 Å². The largest absolute Gasteiger partial charge is 0.481 e. The van der Waals surface area contributed by atoms with Crippen molar-refractivity contribution in [3.05, 3.63) is 23.8 Å². The number of aliphatic hydroxyl groups is 1. The highest BCUT2D eigenvalue weighted by Crippen LogP contribution is 2.18. The van der Waals surface area contributed by atoms with E-state index in [1.165, 1.54) is 0 Å². The van der Waals surface area contributed by atoms with E-state index >= 15 is 0 Å². The highest BCUT2D eigenvalue weighted by molar-refractivity contribution is 5.98. The summed E-state index contributed by atoms with van der Waals surface area (Å²) in [5.41, 5.74) is 0.680. The molecule has 94 valence electrons. The highest BCUT2D eigenvalue weighted by atomic mass is 16.4. The number of carboxylic acid groups (broad SMARTS) is 1. The second-order valence-electron chi connectivity index (χ2n) is 4.20. The van der Waals surface area contributed by atoms with Gasteiger partial charge < -0.3 is 10.2 Å². The Bertz CT molecular complexity index is 341. The molecule has 2 N–H and O–H groups in total. The van der Waals surface area contributed by atoms with Crippen molar-refractivity contribution in [2.75, 3.05) is 0 Å². The number of carboxylic acids is 1. The molecule has 1 atom stereocenters. The van der Waals surface area contributed by atoms with Gasteiger partial charge in [0.05, 0.1) is 6.10 Å². The molecule has 0 radical (unpaired) electrons. The Morgan fingerprint density at radius 1 is 1.41 bits per heavy atom. The van der Waals surface area contributed by atoms with Gasteiger partial charge in [-0.2, -0.15) is 0 Å². The van der Waals surface area contributed by atoms with Crippen LogP contribution in [-0.2, 0) is 9.59 Å². The van der Waals surface area contributed by atoms with Crippen molar-refractivity contribution in [2.24, 2.45) is 0 Å². The van der Waals surface area contributed by atoms with Gasteiger partial charge in [-0.3, -0.25) is 9.59 Å². The molecular weight excluding hydrogens is 220 g/mol. The summed E-state index contributed by atoms with van der Waals surface area (Å²) < 4.78 is 0. The van der Waals surface area contributed by atoms with Gasteiger partial charge in [-0.15, -0.1) is 0 Å². The normalized spacial score (nSPS) is 19.9. The predicted molar refractivity (Wildman–Crippen MR) is 63.6 cm³/mol. The van der Waals surface area contributed by atoms with E-state index in [4.69, 9.17) is 5.11 Å². The number of carbonyl (C=O) groups is 2. The molecule has 0 aliphatic heterocycles. The molecule has 0 amide bonds. The Hall–Kier alpha value is -1.42. The average Bonchev–Trinajstić information content (AvgIpc) is 2.55. The topological polar surface area (TPSA) is 74.6 Å². The van der Waals surface area contributed by atoms with Crippen LogP contribution in [0.2, 0.25) is 0 Å². The third kappa shape index (κ3) is 5.45. The van der Waals surface area contributed by atoms with E-state index in [-0.39, 0.29) is 18.6 Å². The zero-order valence-corrected chi connectivity index (χ0v) is 9.76. The number of unbranched alkanes of at least 4 members (excludes halogenated alkanes) is 2. The lowest BCUT2D eigenvalue weighted by Crippen LogP contribution is -2.00. The molecule has 0 aromatic carbocycles. The van der Waals surface area contributed by atoms with Gasteiger partial charge in [0.15, 0.2) is 5.78 Å². The van der Waals surface area contributed by atoms with Crippen molar-refractivity contribution in [2.45, 2.75) is 44.6 Å². The minimum atomic E-state index is -0.760. The summed E-state index contributed by atoms with van der Waals surface area (Å²) in [6.07, 6.45) is 8.21. The molecule has 0 fully saturated rings. The van der Waals surface area contributed by atoms with Gasteiger partial charge in [-0.1, -0.05) is 12.2 Å². The molecule has 4 heteroatoms. The number of rotatable bonds is 7. The first-order valence-corrected chi connectivity index (χ1v) is 5.88. The minimum Gasteiger partial charge on any atom is -0.481 e. The van der Waals surface area contributed by atoms with Gasteiger partial charge in [0.25, 0.3) is 0 Å². The Morgan fingerprint density at radius 3 is 2.76 bits per heavy atom. The molecule has 1 aliphatic carbocycles. The van der Waals surface area contributed by atoms with Gasteiger partial charge in [-0.05, 0) is 37.3 Å². The highest BCUT2D eigenvalue weighted by Gasteiger charge is 2.20. The van der Waals surface area contributed by atoms with E-state index < -0.39 is 12.1 Å². The smallest absolute Gasteiger partial charge is 0.303 e. The van der Waals surface area contributed by atoms with Crippen molar-refractivity contribution in [1.29, 1.82) is 0 Å². The molecule has 0 saturated heterocycles. The second kappa shape index (κ2) is 7.01. The van der Waals surface area contributed by atoms with Crippen molar-refractivity contribution in [3.8, 4) is 0 Å². The van der Waals surface area contributed by atoms with Gasteiger partial charge in [0.2, 0.25) is 0 Å². The maximum Gasteiger partial charge on any atom is 0.303 e. The first-order valence-electron chi connectivity index (χ1n) is 5.88. The molecule has 0 heterocycles. The molecule has 0 saturated carbocycles. The molecule has 1 unspecified atom stereocenters. The standard InChI is InChI=1S/C13H18O4/c14-11-8-10(12(15)9-11)6-4-2-1-3-5-7-13(16)17/h2,4,8,11,14H,1,3,5-7,9H2,(H,16,17). The Balaban J connectivity index is 2.12. The fourth-order valence-corrected chi connectivity index (χ4v) is 1.75. The first kappa shape index (κ1) is 13.6. The van der Waals surface area contributed by atoms with Crippen molar-refractivity contribution in [3.63, 3.8) is 0 Å². The minimum absolute atomic E-state index is 0.0213. The number of hydrogen-bond donors (Lipinski definition) is 2. The Labute approximate surface area is 101 Å². The van der Waals surface area contributed by atoms with Gasteiger partial charge in [0, 0.05) is 12.8 Å². The molecule has 0 aromatic rings. The third-order valence-electron chi connectivity index (χ3n) is 2.66. The van der Waals surface area contributed by atoms with Crippen LogP contribution in [0.5, 0.6) is 0 Å². The van der Waals surface area contributed by atoms with Crippen LogP contribution in [-0.4, -0.2) is 28.1 Å². The number of ketones is 1. The lowest BCUT2D eigenvalue weighted by atomic mass is 10.1. The lowest BCUT2D eigenvalue weighted by molar-refractivity contribution is -0.137. The summed E-state index contributed by atoms with van der Waals surface area (Å²) in [4.78, 5) is 21.5. The summed E-state index contributed by atoms with van der Waals surface area (Å²) in [5.74, 6) is -0.738. The monoisotopic (exact) mass is 238 g/mol. The van der Waals surface area contributed by atoms with Gasteiger partial charge in [-0.25, -0.2) is 0 Å². The zero-order valence-electron chi connectivity index (χ0n) is 9.76. The SMILES string of the molecule is O=C(O)CCCCC=CCC1=CC(O)CC1=O. The van der Waals surface area contributed by atoms with E-state index in [0.29, 0.717) is 18.4 Å². The molecule has 0 aromatic heterocycles. The summed E-state index contributed by atoms with van der Waals surface area (Å²) in [6.45, 7) is 0. The van der Waals surface area contributed by atoms with Crippen molar-refractivity contribution in [1.82, 2.24) is 0 Å². The molecule has 0 bridgehead atoms. The third-order valence-corrected chi connectivity index (χ3v) is 2.66. The van der Waals surface area contributed by atoms with E-state index in [9.17, 15) is 14.7 Å².